The number of hydrogen-bond acceptors (Lipinski definition) is 3. The van der Waals surface area contributed by atoms with Crippen LogP contribution < -0.4 is 5.32 Å². The van der Waals surface area contributed by atoms with Crippen molar-refractivity contribution in [2.75, 3.05) is 5.32 Å². The summed E-state index contributed by atoms with van der Waals surface area (Å²) in [7, 11) is 0. The standard InChI is InChI=1S/C9H12N2S/c1-7-4-5-12-8(7)11-9(2,3)6-10/h4-5,11H,1-3H3. The monoisotopic (exact) mass is 180 g/mol. The summed E-state index contributed by atoms with van der Waals surface area (Å²) in [5.41, 5.74) is 0.721. The molecule has 12 heavy (non-hydrogen) atoms. The average Bonchev–Trinajstić information content (AvgIpc) is 2.36. The van der Waals surface area contributed by atoms with Gasteiger partial charge in [-0.3, -0.25) is 0 Å². The Bertz CT molecular complexity index is 307. The van der Waals surface area contributed by atoms with E-state index < -0.39 is 5.54 Å². The molecule has 0 bridgehead atoms. The highest BCUT2D eigenvalue weighted by molar-refractivity contribution is 7.14. The van der Waals surface area contributed by atoms with Crippen molar-refractivity contribution in [3.63, 3.8) is 0 Å². The zero-order valence-corrected chi connectivity index (χ0v) is 8.33. The third kappa shape index (κ3) is 1.99. The summed E-state index contributed by atoms with van der Waals surface area (Å²) in [6.07, 6.45) is 0. The first kappa shape index (κ1) is 9.08. The number of nitrogens with zero attached hydrogens (tertiary/aromatic N) is 1. The first-order valence-electron chi connectivity index (χ1n) is 3.79. The minimum Gasteiger partial charge on any atom is -0.359 e. The highest BCUT2D eigenvalue weighted by atomic mass is 32.1. The summed E-state index contributed by atoms with van der Waals surface area (Å²) in [5.74, 6) is 0. The normalized spacial score (nSPS) is 10.8. The van der Waals surface area contributed by atoms with Gasteiger partial charge in [-0.15, -0.1) is 11.3 Å². The number of thiophene rings is 1. The van der Waals surface area contributed by atoms with Crippen LogP contribution >= 0.6 is 11.3 Å². The van der Waals surface area contributed by atoms with Crippen LogP contribution in [0.4, 0.5) is 5.00 Å². The van der Waals surface area contributed by atoms with E-state index in [1.807, 2.05) is 32.2 Å². The van der Waals surface area contributed by atoms with Crippen molar-refractivity contribution in [3.8, 4) is 6.07 Å². The van der Waals surface area contributed by atoms with E-state index in [2.05, 4.69) is 11.4 Å². The van der Waals surface area contributed by atoms with Gasteiger partial charge in [0, 0.05) is 0 Å². The minimum atomic E-state index is -0.477. The SMILES string of the molecule is Cc1ccsc1NC(C)(C)C#N. The van der Waals surface area contributed by atoms with E-state index in [-0.39, 0.29) is 0 Å². The summed E-state index contributed by atoms with van der Waals surface area (Å²) >= 11 is 1.63. The molecule has 0 spiro atoms. The van der Waals surface area contributed by atoms with E-state index in [4.69, 9.17) is 5.26 Å². The molecule has 0 radical (unpaired) electrons. The van der Waals surface area contributed by atoms with Crippen molar-refractivity contribution >= 4 is 16.3 Å². The predicted octanol–water partition coefficient (Wildman–Crippen LogP) is 2.77. The van der Waals surface area contributed by atoms with E-state index in [0.29, 0.717) is 0 Å². The molecule has 1 aromatic rings. The maximum Gasteiger partial charge on any atom is 0.120 e. The van der Waals surface area contributed by atoms with E-state index in [1.54, 1.807) is 11.3 Å². The van der Waals surface area contributed by atoms with E-state index >= 15 is 0 Å². The molecule has 0 saturated carbocycles. The maximum absolute atomic E-state index is 8.78. The Hall–Kier alpha value is -1.01. The van der Waals surface area contributed by atoms with Crippen LogP contribution in [-0.4, -0.2) is 5.54 Å². The van der Waals surface area contributed by atoms with Crippen LogP contribution in [0, 0.1) is 18.3 Å². The van der Waals surface area contributed by atoms with Gasteiger partial charge >= 0.3 is 0 Å². The van der Waals surface area contributed by atoms with Gasteiger partial charge in [-0.05, 0) is 37.8 Å². The largest absolute Gasteiger partial charge is 0.359 e. The molecule has 0 fully saturated rings. The topological polar surface area (TPSA) is 35.8 Å². The Labute approximate surface area is 76.8 Å². The molecule has 0 aliphatic carbocycles. The second kappa shape index (κ2) is 3.16. The molecule has 64 valence electrons. The van der Waals surface area contributed by atoms with E-state index in [0.717, 1.165) is 5.00 Å². The van der Waals surface area contributed by atoms with Crippen molar-refractivity contribution < 1.29 is 0 Å². The first-order valence-corrected chi connectivity index (χ1v) is 4.67. The Balaban J connectivity index is 2.78. The van der Waals surface area contributed by atoms with Crippen molar-refractivity contribution in [1.82, 2.24) is 0 Å². The van der Waals surface area contributed by atoms with Crippen molar-refractivity contribution in [2.45, 2.75) is 26.3 Å². The van der Waals surface area contributed by atoms with Gasteiger partial charge in [0.1, 0.15) is 5.54 Å². The second-order valence-corrected chi connectivity index (χ2v) is 4.21. The van der Waals surface area contributed by atoms with Crippen LogP contribution in [0.1, 0.15) is 19.4 Å². The van der Waals surface area contributed by atoms with Crippen LogP contribution in [0.2, 0.25) is 0 Å². The predicted molar refractivity (Wildman–Crippen MR) is 52.4 cm³/mol. The van der Waals surface area contributed by atoms with Gasteiger partial charge in [0.2, 0.25) is 0 Å². The van der Waals surface area contributed by atoms with Crippen molar-refractivity contribution in [1.29, 1.82) is 5.26 Å². The van der Waals surface area contributed by atoms with Crippen LogP contribution in [0.15, 0.2) is 11.4 Å². The average molecular weight is 180 g/mol. The molecule has 3 heteroatoms. The van der Waals surface area contributed by atoms with E-state index in [9.17, 15) is 0 Å². The number of hydrogen-bond donors (Lipinski definition) is 1. The van der Waals surface area contributed by atoms with Crippen LogP contribution in [0.5, 0.6) is 0 Å². The second-order valence-electron chi connectivity index (χ2n) is 3.29. The quantitative estimate of drug-likeness (QED) is 0.759. The fraction of sp³-hybridized carbons (Fsp3) is 0.444. The Morgan fingerprint density at radius 3 is 2.67 bits per heavy atom. The maximum atomic E-state index is 8.78. The smallest absolute Gasteiger partial charge is 0.120 e. The molecule has 1 aromatic heterocycles. The molecule has 1 heterocycles. The molecule has 0 amide bonds. The van der Waals surface area contributed by atoms with Gasteiger partial charge in [-0.1, -0.05) is 0 Å². The lowest BCUT2D eigenvalue weighted by Crippen LogP contribution is -2.28. The molecule has 0 atom stereocenters. The summed E-state index contributed by atoms with van der Waals surface area (Å²) in [5, 5.41) is 15.1. The lowest BCUT2D eigenvalue weighted by atomic mass is 10.1. The Kier molecular flexibility index (Phi) is 2.39. The summed E-state index contributed by atoms with van der Waals surface area (Å²) in [6.45, 7) is 5.77. The van der Waals surface area contributed by atoms with Gasteiger partial charge in [0.05, 0.1) is 11.1 Å². The number of rotatable bonds is 2. The molecular weight excluding hydrogens is 168 g/mol. The van der Waals surface area contributed by atoms with Crippen molar-refractivity contribution in [3.05, 3.63) is 17.0 Å². The Morgan fingerprint density at radius 1 is 1.58 bits per heavy atom. The molecular formula is C9H12N2S. The summed E-state index contributed by atoms with van der Waals surface area (Å²) < 4.78 is 0. The number of nitriles is 1. The summed E-state index contributed by atoms with van der Waals surface area (Å²) in [4.78, 5) is 0. The first-order chi connectivity index (χ1) is 5.55. The van der Waals surface area contributed by atoms with E-state index in [1.165, 1.54) is 5.56 Å². The molecule has 1 rings (SSSR count). The third-order valence-corrected chi connectivity index (χ3v) is 2.50. The lowest BCUT2D eigenvalue weighted by Gasteiger charge is -2.17. The molecule has 2 nitrogen and oxygen atoms in total. The van der Waals surface area contributed by atoms with Crippen molar-refractivity contribution in [2.24, 2.45) is 0 Å². The number of anilines is 1. The molecule has 0 saturated heterocycles. The molecule has 0 aliphatic rings. The number of nitrogens with one attached hydrogen (secondary N) is 1. The Morgan fingerprint density at radius 2 is 2.25 bits per heavy atom. The highest BCUT2D eigenvalue weighted by Crippen LogP contribution is 2.25. The van der Waals surface area contributed by atoms with Gasteiger partial charge in [0.25, 0.3) is 0 Å². The molecule has 0 aliphatic heterocycles. The third-order valence-electron chi connectivity index (χ3n) is 1.57. The summed E-state index contributed by atoms with van der Waals surface area (Å²) in [6, 6.07) is 4.24. The van der Waals surface area contributed by atoms with Crippen LogP contribution in [0.3, 0.4) is 0 Å². The molecule has 0 aromatic carbocycles. The zero-order chi connectivity index (χ0) is 9.19. The fourth-order valence-corrected chi connectivity index (χ4v) is 1.79. The lowest BCUT2D eigenvalue weighted by molar-refractivity contribution is 0.731. The van der Waals surface area contributed by atoms with Gasteiger partial charge in [-0.2, -0.15) is 5.26 Å². The molecule has 0 unspecified atom stereocenters. The zero-order valence-electron chi connectivity index (χ0n) is 7.51. The van der Waals surface area contributed by atoms with Crippen LogP contribution in [0.25, 0.3) is 0 Å². The highest BCUT2D eigenvalue weighted by Gasteiger charge is 2.16. The minimum absolute atomic E-state index is 0.477. The fourth-order valence-electron chi connectivity index (χ4n) is 0.813. The number of aryl methyl sites for hydroxylation is 1. The molecule has 1 N–H and O–H groups in total. The van der Waals surface area contributed by atoms with Gasteiger partial charge in [0.15, 0.2) is 0 Å². The van der Waals surface area contributed by atoms with Gasteiger partial charge in [-0.25, -0.2) is 0 Å². The van der Waals surface area contributed by atoms with Crippen LogP contribution in [-0.2, 0) is 0 Å². The van der Waals surface area contributed by atoms with Gasteiger partial charge < -0.3 is 5.32 Å².